The van der Waals surface area contributed by atoms with Gasteiger partial charge in [0.2, 0.25) is 0 Å². The van der Waals surface area contributed by atoms with E-state index in [1.807, 2.05) is 0 Å². The van der Waals surface area contributed by atoms with E-state index in [0.29, 0.717) is 6.04 Å². The third-order valence-corrected chi connectivity index (χ3v) is 1.65. The van der Waals surface area contributed by atoms with E-state index >= 15 is 0 Å². The summed E-state index contributed by atoms with van der Waals surface area (Å²) in [4.78, 5) is 0. The Morgan fingerprint density at radius 1 is 1.30 bits per heavy atom. The number of nitrogens with two attached hydrogens (primary N) is 1. The molecule has 1 aliphatic rings. The monoisotopic (exact) mass is 139 g/mol. The number of hydrogen-bond acceptors (Lipinski definition) is 1. The minimum absolute atomic E-state index is 0.536. The van der Waals surface area contributed by atoms with Crippen molar-refractivity contribution in [3.63, 3.8) is 0 Å². The molecule has 0 radical (unpaired) electrons. The van der Waals surface area contributed by atoms with Gasteiger partial charge in [0.25, 0.3) is 0 Å². The molecule has 0 amide bonds. The van der Waals surface area contributed by atoms with Crippen molar-refractivity contribution >= 4 is 0 Å². The third kappa shape index (κ3) is 5.65. The van der Waals surface area contributed by atoms with Crippen LogP contribution in [0.15, 0.2) is 0 Å². The fourth-order valence-electron chi connectivity index (χ4n) is 1.13. The Kier molecular flexibility index (Phi) is 6.32. The van der Waals surface area contributed by atoms with E-state index in [0.717, 1.165) is 0 Å². The van der Waals surface area contributed by atoms with E-state index in [2.05, 4.69) is 12.3 Å². The molecule has 1 saturated carbocycles. The molecule has 0 aromatic carbocycles. The maximum absolute atomic E-state index is 5.63. The van der Waals surface area contributed by atoms with Gasteiger partial charge in [-0.1, -0.05) is 19.3 Å². The zero-order valence-electron chi connectivity index (χ0n) is 6.77. The Morgan fingerprint density at radius 3 is 1.90 bits per heavy atom. The zero-order chi connectivity index (χ0) is 7.82. The van der Waals surface area contributed by atoms with Crippen LogP contribution in [0.2, 0.25) is 0 Å². The Balaban J connectivity index is 0.000000236. The van der Waals surface area contributed by atoms with Crippen LogP contribution in [0.3, 0.4) is 0 Å². The predicted molar refractivity (Wildman–Crippen MR) is 45.6 cm³/mol. The maximum Gasteiger partial charge on any atom is 0.00388 e. The highest BCUT2D eigenvalue weighted by Gasteiger charge is 2.06. The molecule has 58 valence electrons. The highest BCUT2D eigenvalue weighted by molar-refractivity contribution is 4.73. The average Bonchev–Trinajstić information content (AvgIpc) is 1.91. The first-order chi connectivity index (χ1) is 4.81. The van der Waals surface area contributed by atoms with Gasteiger partial charge in [-0.3, -0.25) is 0 Å². The molecule has 1 heteroatoms. The molecule has 1 rings (SSSR count). The highest BCUT2D eigenvalue weighted by Crippen LogP contribution is 2.14. The van der Waals surface area contributed by atoms with Crippen molar-refractivity contribution in [1.82, 2.24) is 0 Å². The molecule has 10 heavy (non-hydrogen) atoms. The smallest absolute Gasteiger partial charge is 0.00388 e. The van der Waals surface area contributed by atoms with Gasteiger partial charge in [-0.2, -0.15) is 0 Å². The number of hydrogen-bond donors (Lipinski definition) is 1. The van der Waals surface area contributed by atoms with Crippen molar-refractivity contribution < 1.29 is 0 Å². The van der Waals surface area contributed by atoms with Gasteiger partial charge in [0.1, 0.15) is 0 Å². The van der Waals surface area contributed by atoms with Gasteiger partial charge in [0.15, 0.2) is 0 Å². The summed E-state index contributed by atoms with van der Waals surface area (Å²) in [5, 5.41) is 0. The van der Waals surface area contributed by atoms with Crippen molar-refractivity contribution in [2.24, 2.45) is 5.73 Å². The summed E-state index contributed by atoms with van der Waals surface area (Å²) in [5.41, 5.74) is 5.63. The summed E-state index contributed by atoms with van der Waals surface area (Å²) in [7, 11) is 0. The molecule has 0 atom stereocenters. The normalized spacial score (nSPS) is 18.5. The molecule has 0 aliphatic heterocycles. The van der Waals surface area contributed by atoms with E-state index in [1.165, 1.54) is 32.1 Å². The summed E-state index contributed by atoms with van der Waals surface area (Å²) < 4.78 is 0. The van der Waals surface area contributed by atoms with Crippen LogP contribution in [0.25, 0.3) is 0 Å². The van der Waals surface area contributed by atoms with Crippen LogP contribution in [0.1, 0.15) is 39.0 Å². The van der Waals surface area contributed by atoms with Crippen molar-refractivity contribution in [3.8, 4) is 12.3 Å². The van der Waals surface area contributed by atoms with Gasteiger partial charge in [-0.15, -0.1) is 12.3 Å². The predicted octanol–water partition coefficient (Wildman–Crippen LogP) is 1.92. The minimum atomic E-state index is 0.536. The maximum atomic E-state index is 5.63. The summed E-state index contributed by atoms with van der Waals surface area (Å²) >= 11 is 0. The molecule has 1 nitrogen and oxygen atoms in total. The van der Waals surface area contributed by atoms with Gasteiger partial charge < -0.3 is 5.73 Å². The van der Waals surface area contributed by atoms with Crippen LogP contribution in [0.4, 0.5) is 0 Å². The van der Waals surface area contributed by atoms with Crippen molar-refractivity contribution in [2.45, 2.75) is 45.1 Å². The molecule has 1 aliphatic carbocycles. The van der Waals surface area contributed by atoms with Gasteiger partial charge in [0, 0.05) is 6.04 Å². The second kappa shape index (κ2) is 6.64. The van der Waals surface area contributed by atoms with Gasteiger partial charge >= 0.3 is 0 Å². The van der Waals surface area contributed by atoms with Crippen LogP contribution in [0.5, 0.6) is 0 Å². The lowest BCUT2D eigenvalue weighted by Crippen LogP contribution is -2.22. The molecule has 0 heterocycles. The van der Waals surface area contributed by atoms with Crippen LogP contribution in [-0.2, 0) is 0 Å². The average molecular weight is 139 g/mol. The topological polar surface area (TPSA) is 26.0 Å². The molecule has 0 aromatic heterocycles. The van der Waals surface area contributed by atoms with Crippen LogP contribution >= 0.6 is 0 Å². The molecule has 1 fully saturated rings. The van der Waals surface area contributed by atoms with Crippen LogP contribution in [0, 0.1) is 12.3 Å². The van der Waals surface area contributed by atoms with E-state index < -0.39 is 0 Å². The van der Waals surface area contributed by atoms with Crippen molar-refractivity contribution in [2.75, 3.05) is 0 Å². The fourth-order valence-corrected chi connectivity index (χ4v) is 1.13. The lowest BCUT2D eigenvalue weighted by molar-refractivity contribution is 0.441. The number of rotatable bonds is 0. The van der Waals surface area contributed by atoms with Gasteiger partial charge in [-0.05, 0) is 19.8 Å². The minimum Gasteiger partial charge on any atom is -0.328 e. The number of terminal acetylenes is 1. The first-order valence-corrected chi connectivity index (χ1v) is 3.94. The van der Waals surface area contributed by atoms with Crippen molar-refractivity contribution in [3.05, 3.63) is 0 Å². The summed E-state index contributed by atoms with van der Waals surface area (Å²) in [6, 6.07) is 0.536. The Bertz CT molecular complexity index is 95.8. The van der Waals surface area contributed by atoms with Crippen molar-refractivity contribution in [1.29, 1.82) is 0 Å². The molecule has 0 saturated heterocycles. The van der Waals surface area contributed by atoms with E-state index in [1.54, 1.807) is 6.92 Å². The zero-order valence-corrected chi connectivity index (χ0v) is 6.77. The van der Waals surface area contributed by atoms with Crippen LogP contribution in [-0.4, -0.2) is 6.04 Å². The second-order valence-corrected chi connectivity index (χ2v) is 2.69. The molecular formula is C9H17N. The third-order valence-electron chi connectivity index (χ3n) is 1.65. The molecule has 0 spiro atoms. The molecule has 2 N–H and O–H groups in total. The largest absolute Gasteiger partial charge is 0.328 e. The standard InChI is InChI=1S/C6H13N.C3H4/c7-6-4-2-1-3-5-6;1-3-2/h6H,1-5,7H2;1H,2H3. The van der Waals surface area contributed by atoms with Crippen LogP contribution < -0.4 is 5.73 Å². The summed E-state index contributed by atoms with van der Waals surface area (Å²) in [6.07, 6.45) is 11.3. The second-order valence-electron chi connectivity index (χ2n) is 2.69. The first kappa shape index (κ1) is 9.52. The van der Waals surface area contributed by atoms with E-state index in [4.69, 9.17) is 5.73 Å². The lowest BCUT2D eigenvalue weighted by Gasteiger charge is -2.15. The Hall–Kier alpha value is -0.480. The fraction of sp³-hybridized carbons (Fsp3) is 0.778. The quantitative estimate of drug-likeness (QED) is 0.510. The van der Waals surface area contributed by atoms with E-state index in [9.17, 15) is 0 Å². The summed E-state index contributed by atoms with van der Waals surface area (Å²) in [6.45, 7) is 1.65. The highest BCUT2D eigenvalue weighted by atomic mass is 14.6. The summed E-state index contributed by atoms with van der Waals surface area (Å²) in [5.74, 6) is 2.25. The first-order valence-electron chi connectivity index (χ1n) is 3.94. The lowest BCUT2D eigenvalue weighted by atomic mass is 9.97. The molecular weight excluding hydrogens is 122 g/mol. The van der Waals surface area contributed by atoms with Gasteiger partial charge in [-0.25, -0.2) is 0 Å². The van der Waals surface area contributed by atoms with Gasteiger partial charge in [0.05, 0.1) is 0 Å². The molecule has 0 bridgehead atoms. The molecule has 0 aromatic rings. The Labute approximate surface area is 64.0 Å². The molecule has 0 unspecified atom stereocenters. The SMILES string of the molecule is C#CC.NC1CCCCC1. The van der Waals surface area contributed by atoms with E-state index in [-0.39, 0.29) is 0 Å². The Morgan fingerprint density at radius 2 is 1.70 bits per heavy atom.